The molecule has 0 bridgehead atoms. The molecule has 26 heavy (non-hydrogen) atoms. The summed E-state index contributed by atoms with van der Waals surface area (Å²) in [5, 5.41) is 22.4. The van der Waals surface area contributed by atoms with E-state index in [0.29, 0.717) is 16.6 Å². The van der Waals surface area contributed by atoms with Gasteiger partial charge in [0.05, 0.1) is 17.2 Å². The van der Waals surface area contributed by atoms with Crippen LogP contribution in [0.4, 0.5) is 0 Å². The molecule has 132 valence electrons. The lowest BCUT2D eigenvalue weighted by atomic mass is 10.2. The van der Waals surface area contributed by atoms with Crippen LogP contribution in [0.15, 0.2) is 52.4 Å². The minimum Gasteiger partial charge on any atom is -0.504 e. The molecule has 0 unspecified atom stereocenters. The van der Waals surface area contributed by atoms with Crippen LogP contribution in [-0.4, -0.2) is 32.3 Å². The van der Waals surface area contributed by atoms with E-state index < -0.39 is 0 Å². The number of aromatic amines is 1. The summed E-state index contributed by atoms with van der Waals surface area (Å²) in [5.41, 5.74) is 4.12. The van der Waals surface area contributed by atoms with E-state index in [-0.39, 0.29) is 41.5 Å². The Balaban J connectivity index is 1.58. The number of carbonyl (C=O) groups excluding carboxylic acids is 1. The number of amides is 1. The molecular weight excluding hydrogens is 336 g/mol. The van der Waals surface area contributed by atoms with E-state index in [4.69, 9.17) is 0 Å². The zero-order valence-electron chi connectivity index (χ0n) is 13.6. The molecule has 0 aliphatic heterocycles. The molecule has 0 radical (unpaired) electrons. The average Bonchev–Trinajstić information content (AvgIpc) is 2.63. The van der Waals surface area contributed by atoms with Gasteiger partial charge in [-0.1, -0.05) is 12.1 Å². The van der Waals surface area contributed by atoms with Gasteiger partial charge in [0.1, 0.15) is 5.69 Å². The van der Waals surface area contributed by atoms with Gasteiger partial charge in [-0.3, -0.25) is 9.59 Å². The molecular formula is C18H16N4O4. The number of para-hydroxylation sites is 2. The number of hydrogen-bond acceptors (Lipinski definition) is 6. The van der Waals surface area contributed by atoms with E-state index >= 15 is 0 Å². The molecule has 8 nitrogen and oxygen atoms in total. The third-order valence-electron chi connectivity index (χ3n) is 3.66. The number of nitrogens with one attached hydrogen (secondary N) is 2. The number of fused-ring (bicyclic) bond motifs is 1. The lowest BCUT2D eigenvalue weighted by molar-refractivity contribution is -0.121. The highest BCUT2D eigenvalue weighted by atomic mass is 16.3. The molecule has 0 aliphatic rings. The van der Waals surface area contributed by atoms with E-state index in [2.05, 4.69) is 20.5 Å². The number of aromatic nitrogens is 2. The van der Waals surface area contributed by atoms with Crippen LogP contribution in [0.1, 0.15) is 17.7 Å². The minimum atomic E-state index is -0.376. The largest absolute Gasteiger partial charge is 0.504 e. The number of phenolic OH excluding ortho intramolecular Hbond substituents is 2. The zero-order valence-corrected chi connectivity index (χ0v) is 13.6. The second kappa shape index (κ2) is 7.47. The van der Waals surface area contributed by atoms with Crippen molar-refractivity contribution in [2.75, 3.05) is 0 Å². The lowest BCUT2D eigenvalue weighted by Crippen LogP contribution is -2.21. The van der Waals surface area contributed by atoms with Crippen LogP contribution in [0.5, 0.6) is 11.5 Å². The predicted octanol–water partition coefficient (Wildman–Crippen LogP) is 1.42. The number of hydrazone groups is 1. The fourth-order valence-electron chi connectivity index (χ4n) is 2.32. The second-order valence-corrected chi connectivity index (χ2v) is 5.57. The van der Waals surface area contributed by atoms with Gasteiger partial charge in [0.2, 0.25) is 5.91 Å². The zero-order chi connectivity index (χ0) is 18.5. The predicted molar refractivity (Wildman–Crippen MR) is 96.2 cm³/mol. The van der Waals surface area contributed by atoms with Gasteiger partial charge < -0.3 is 15.2 Å². The summed E-state index contributed by atoms with van der Waals surface area (Å²) in [4.78, 5) is 30.8. The van der Waals surface area contributed by atoms with Crippen LogP contribution >= 0.6 is 0 Å². The third-order valence-corrected chi connectivity index (χ3v) is 3.66. The van der Waals surface area contributed by atoms with Gasteiger partial charge in [0.25, 0.3) is 5.56 Å². The number of aromatic hydroxyl groups is 2. The van der Waals surface area contributed by atoms with Gasteiger partial charge in [-0.05, 0) is 35.9 Å². The van der Waals surface area contributed by atoms with Crippen LogP contribution in [-0.2, 0) is 11.2 Å². The molecule has 3 rings (SSSR count). The van der Waals surface area contributed by atoms with Gasteiger partial charge in [-0.2, -0.15) is 5.10 Å². The Morgan fingerprint density at radius 1 is 1.19 bits per heavy atom. The van der Waals surface area contributed by atoms with Gasteiger partial charge in [0.15, 0.2) is 11.5 Å². The van der Waals surface area contributed by atoms with Gasteiger partial charge >= 0.3 is 0 Å². The molecule has 0 saturated carbocycles. The molecule has 3 aromatic rings. The number of H-pyrrole nitrogens is 1. The monoisotopic (exact) mass is 352 g/mol. The van der Waals surface area contributed by atoms with Crippen LogP contribution in [0.2, 0.25) is 0 Å². The third kappa shape index (κ3) is 4.04. The number of nitrogens with zero attached hydrogens (tertiary/aromatic N) is 2. The minimum absolute atomic E-state index is 0.0482. The van der Waals surface area contributed by atoms with Crippen molar-refractivity contribution in [1.29, 1.82) is 0 Å². The first kappa shape index (κ1) is 17.2. The van der Waals surface area contributed by atoms with Crippen molar-refractivity contribution < 1.29 is 15.0 Å². The van der Waals surface area contributed by atoms with Crippen LogP contribution in [0.3, 0.4) is 0 Å². The van der Waals surface area contributed by atoms with Crippen molar-refractivity contribution in [2.45, 2.75) is 12.8 Å². The smallest absolute Gasteiger partial charge is 0.270 e. The number of aryl methyl sites for hydroxylation is 1. The molecule has 1 heterocycles. The van der Waals surface area contributed by atoms with E-state index in [1.54, 1.807) is 18.2 Å². The van der Waals surface area contributed by atoms with E-state index in [0.717, 1.165) is 0 Å². The fourth-order valence-corrected chi connectivity index (χ4v) is 2.32. The summed E-state index contributed by atoms with van der Waals surface area (Å²) >= 11 is 0. The number of hydrogen-bond donors (Lipinski definition) is 4. The molecule has 0 spiro atoms. The van der Waals surface area contributed by atoms with Gasteiger partial charge in [-0.15, -0.1) is 0 Å². The van der Waals surface area contributed by atoms with Crippen molar-refractivity contribution in [1.82, 2.24) is 15.4 Å². The highest BCUT2D eigenvalue weighted by Crippen LogP contribution is 2.23. The molecule has 8 heteroatoms. The Kier molecular flexibility index (Phi) is 4.93. The van der Waals surface area contributed by atoms with Gasteiger partial charge in [-0.25, -0.2) is 10.4 Å². The molecule has 1 amide bonds. The second-order valence-electron chi connectivity index (χ2n) is 5.57. The topological polar surface area (TPSA) is 128 Å². The molecule has 4 N–H and O–H groups in total. The van der Waals surface area contributed by atoms with Crippen LogP contribution < -0.4 is 11.0 Å². The lowest BCUT2D eigenvalue weighted by Gasteiger charge is -2.02. The van der Waals surface area contributed by atoms with Crippen molar-refractivity contribution in [3.8, 4) is 11.5 Å². The van der Waals surface area contributed by atoms with Crippen molar-refractivity contribution in [3.63, 3.8) is 0 Å². The Hall–Kier alpha value is -3.68. The Labute approximate surface area is 147 Å². The normalized spacial score (nSPS) is 11.1. The van der Waals surface area contributed by atoms with E-state index in [1.165, 1.54) is 24.4 Å². The number of benzene rings is 2. The number of carbonyl (C=O) groups is 1. The summed E-state index contributed by atoms with van der Waals surface area (Å²) in [5.74, 6) is -0.889. The van der Waals surface area contributed by atoms with E-state index in [9.17, 15) is 19.8 Å². The standard InChI is InChI=1S/C18H16N4O4/c23-15-7-5-11(9-16(15)24)10-19-22-17(25)8-6-14-18(26)21-13-4-2-1-3-12(13)20-14/h1-5,7,9-10,23-24H,6,8H2,(H,21,26)(H,22,25)/b19-10-. The number of phenols is 2. The highest BCUT2D eigenvalue weighted by Gasteiger charge is 2.07. The Bertz CT molecular complexity index is 1040. The Morgan fingerprint density at radius 2 is 2.00 bits per heavy atom. The first-order valence-corrected chi connectivity index (χ1v) is 7.85. The SMILES string of the molecule is O=C(CCc1nc2ccccc2[nH]c1=O)N/N=C\c1ccc(O)c(O)c1. The number of rotatable bonds is 5. The van der Waals surface area contributed by atoms with Crippen molar-refractivity contribution in [3.05, 3.63) is 64.1 Å². The maximum absolute atomic E-state index is 12.0. The fraction of sp³-hybridized carbons (Fsp3) is 0.111. The first-order valence-electron chi connectivity index (χ1n) is 7.85. The molecule has 0 atom stereocenters. The summed E-state index contributed by atoms with van der Waals surface area (Å²) in [6, 6.07) is 11.3. The summed E-state index contributed by atoms with van der Waals surface area (Å²) in [6.45, 7) is 0. The maximum Gasteiger partial charge on any atom is 0.270 e. The Morgan fingerprint density at radius 3 is 2.81 bits per heavy atom. The first-order chi connectivity index (χ1) is 12.5. The molecule has 0 saturated heterocycles. The molecule has 0 fully saturated rings. The maximum atomic E-state index is 12.0. The molecule has 1 aromatic heterocycles. The molecule has 0 aliphatic carbocycles. The van der Waals surface area contributed by atoms with Gasteiger partial charge in [0, 0.05) is 12.8 Å². The highest BCUT2D eigenvalue weighted by molar-refractivity contribution is 5.83. The summed E-state index contributed by atoms with van der Waals surface area (Å²) in [6.07, 6.45) is 1.56. The van der Waals surface area contributed by atoms with Crippen molar-refractivity contribution >= 4 is 23.2 Å². The quantitative estimate of drug-likeness (QED) is 0.314. The molecule has 2 aromatic carbocycles. The van der Waals surface area contributed by atoms with Crippen LogP contribution in [0, 0.1) is 0 Å². The van der Waals surface area contributed by atoms with E-state index in [1.807, 2.05) is 6.07 Å². The average molecular weight is 352 g/mol. The van der Waals surface area contributed by atoms with Crippen molar-refractivity contribution in [2.24, 2.45) is 5.10 Å². The summed E-state index contributed by atoms with van der Waals surface area (Å²) in [7, 11) is 0. The van der Waals surface area contributed by atoms with Crippen LogP contribution in [0.25, 0.3) is 11.0 Å². The summed E-state index contributed by atoms with van der Waals surface area (Å²) < 4.78 is 0.